The van der Waals surface area contributed by atoms with Crippen LogP contribution in [-0.4, -0.2) is 42.2 Å². The zero-order valence-corrected chi connectivity index (χ0v) is 22.9. The number of nitrogens with one attached hydrogen (secondary N) is 1. The predicted molar refractivity (Wildman–Crippen MR) is 143 cm³/mol. The van der Waals surface area contributed by atoms with Crippen LogP contribution in [0.3, 0.4) is 0 Å². The van der Waals surface area contributed by atoms with Gasteiger partial charge < -0.3 is 10.1 Å². The van der Waals surface area contributed by atoms with Gasteiger partial charge in [-0.3, -0.25) is 19.3 Å². The van der Waals surface area contributed by atoms with E-state index in [0.29, 0.717) is 16.2 Å². The van der Waals surface area contributed by atoms with E-state index in [2.05, 4.69) is 73.1 Å². The van der Waals surface area contributed by atoms with Gasteiger partial charge in [0.2, 0.25) is 0 Å². The molecule has 0 aliphatic carbocycles. The van der Waals surface area contributed by atoms with Crippen molar-refractivity contribution >= 4 is 103 Å². The molecule has 1 N–H and O–H groups in total. The van der Waals surface area contributed by atoms with Gasteiger partial charge in [0.25, 0.3) is 17.1 Å². The highest BCUT2D eigenvalue weighted by Gasteiger charge is 2.34. The van der Waals surface area contributed by atoms with Crippen LogP contribution in [-0.2, 0) is 4.79 Å². The largest absolute Gasteiger partial charge is 0.497 e. The summed E-state index contributed by atoms with van der Waals surface area (Å²) in [6, 6.07) is 11.0. The van der Waals surface area contributed by atoms with E-state index in [1.807, 2.05) is 24.3 Å². The van der Waals surface area contributed by atoms with Crippen LogP contribution in [0, 0.1) is 10.7 Å². The average molecular weight is 760 g/mol. The number of rotatable bonds is 6. The maximum Gasteiger partial charge on any atom is 0.293 e. The summed E-state index contributed by atoms with van der Waals surface area (Å²) in [5.74, 6) is 0.137. The number of methoxy groups -OCH3 is 1. The van der Waals surface area contributed by atoms with Crippen LogP contribution in [0.4, 0.5) is 4.79 Å². The van der Waals surface area contributed by atoms with Crippen LogP contribution < -0.4 is 10.1 Å². The van der Waals surface area contributed by atoms with E-state index in [1.54, 1.807) is 25.3 Å². The second-order valence-electron chi connectivity index (χ2n) is 6.11. The number of carbonyl (C=O) groups is 3. The first-order chi connectivity index (χ1) is 14.3. The van der Waals surface area contributed by atoms with Crippen LogP contribution in [0.2, 0.25) is 0 Å². The number of benzene rings is 2. The van der Waals surface area contributed by atoms with E-state index < -0.39 is 0 Å². The van der Waals surface area contributed by atoms with Gasteiger partial charge in [0, 0.05) is 23.8 Å². The van der Waals surface area contributed by atoms with Crippen molar-refractivity contribution in [2.75, 3.05) is 20.2 Å². The van der Waals surface area contributed by atoms with Gasteiger partial charge in [0.05, 0.1) is 17.6 Å². The van der Waals surface area contributed by atoms with Crippen LogP contribution >= 0.6 is 79.5 Å². The van der Waals surface area contributed by atoms with E-state index in [9.17, 15) is 14.4 Å². The van der Waals surface area contributed by atoms with Gasteiger partial charge >= 0.3 is 0 Å². The van der Waals surface area contributed by atoms with Crippen LogP contribution in [0.25, 0.3) is 6.08 Å². The topological polar surface area (TPSA) is 75.7 Å². The molecular formula is C20H15I3N2O4S. The first-order valence-corrected chi connectivity index (χ1v) is 12.7. The fraction of sp³-hybridized carbons (Fsp3) is 0.150. The summed E-state index contributed by atoms with van der Waals surface area (Å²) in [6.45, 7) is 0.304. The molecule has 30 heavy (non-hydrogen) atoms. The molecule has 1 aliphatic rings. The van der Waals surface area contributed by atoms with Crippen molar-refractivity contribution in [1.82, 2.24) is 10.2 Å². The zero-order chi connectivity index (χ0) is 21.8. The summed E-state index contributed by atoms with van der Waals surface area (Å²) in [6.07, 6.45) is 1.68. The molecule has 156 valence electrons. The molecule has 10 heteroatoms. The third kappa shape index (κ3) is 5.68. The molecule has 0 aromatic heterocycles. The molecular weight excluding hydrogens is 745 g/mol. The summed E-state index contributed by atoms with van der Waals surface area (Å²) in [7, 11) is 1.58. The Hall–Kier alpha value is -0.870. The maximum absolute atomic E-state index is 12.6. The number of nitrogens with zero attached hydrogens (tertiary/aromatic N) is 1. The Morgan fingerprint density at radius 1 is 1.17 bits per heavy atom. The normalized spacial score (nSPS) is 15.1. The second-order valence-corrected chi connectivity index (χ2v) is 10.6. The lowest BCUT2D eigenvalue weighted by molar-refractivity contribution is -0.122. The highest BCUT2D eigenvalue weighted by Crippen LogP contribution is 2.32. The zero-order valence-electron chi connectivity index (χ0n) is 15.6. The lowest BCUT2D eigenvalue weighted by Crippen LogP contribution is -2.37. The molecule has 3 amide bonds. The molecule has 1 fully saturated rings. The maximum atomic E-state index is 12.6. The van der Waals surface area contributed by atoms with E-state index in [-0.39, 0.29) is 30.1 Å². The average Bonchev–Trinajstić information content (AvgIpc) is 2.98. The van der Waals surface area contributed by atoms with Gasteiger partial charge in [-0.15, -0.1) is 0 Å². The van der Waals surface area contributed by atoms with Crippen molar-refractivity contribution in [2.45, 2.75) is 0 Å². The third-order valence-corrected chi connectivity index (χ3v) is 8.72. The fourth-order valence-electron chi connectivity index (χ4n) is 2.64. The summed E-state index contributed by atoms with van der Waals surface area (Å²) < 4.78 is 7.96. The number of hydrogen-bond acceptors (Lipinski definition) is 5. The van der Waals surface area contributed by atoms with Crippen molar-refractivity contribution in [2.24, 2.45) is 0 Å². The minimum atomic E-state index is -0.353. The predicted octanol–water partition coefficient (Wildman–Crippen LogP) is 4.98. The SMILES string of the molecule is COc1ccc(/C=C2/SC(=O)N(CCNC(=O)c3cc(I)cc(I)c3I)C2=O)cc1. The van der Waals surface area contributed by atoms with Crippen molar-refractivity contribution in [3.05, 3.63) is 63.1 Å². The number of hydrogen-bond donors (Lipinski definition) is 1. The van der Waals surface area contributed by atoms with Crippen LogP contribution in [0.1, 0.15) is 15.9 Å². The van der Waals surface area contributed by atoms with E-state index >= 15 is 0 Å². The number of carbonyl (C=O) groups excluding carboxylic acids is 3. The molecule has 3 rings (SSSR count). The first kappa shape index (κ1) is 23.8. The van der Waals surface area contributed by atoms with Crippen molar-refractivity contribution in [3.63, 3.8) is 0 Å². The molecule has 0 bridgehead atoms. The molecule has 1 saturated heterocycles. The lowest BCUT2D eigenvalue weighted by atomic mass is 10.2. The first-order valence-electron chi connectivity index (χ1n) is 8.62. The third-order valence-electron chi connectivity index (χ3n) is 4.15. The van der Waals surface area contributed by atoms with Gasteiger partial charge in [-0.2, -0.15) is 0 Å². The van der Waals surface area contributed by atoms with Crippen molar-refractivity contribution in [1.29, 1.82) is 0 Å². The minimum Gasteiger partial charge on any atom is -0.497 e. The number of thioether (sulfide) groups is 1. The Morgan fingerprint density at radius 2 is 1.87 bits per heavy atom. The van der Waals surface area contributed by atoms with Gasteiger partial charge in [0.15, 0.2) is 0 Å². The quantitative estimate of drug-likeness (QED) is 0.256. The number of amides is 3. The van der Waals surface area contributed by atoms with Crippen LogP contribution in [0.5, 0.6) is 5.75 Å². The molecule has 0 radical (unpaired) electrons. The molecule has 0 saturated carbocycles. The highest BCUT2D eigenvalue weighted by molar-refractivity contribution is 14.1. The summed E-state index contributed by atoms with van der Waals surface area (Å²) >= 11 is 7.40. The van der Waals surface area contributed by atoms with Gasteiger partial charge in [-0.25, -0.2) is 0 Å². The molecule has 1 aliphatic heterocycles. The summed E-state index contributed by atoms with van der Waals surface area (Å²) in [4.78, 5) is 38.9. The van der Waals surface area contributed by atoms with Gasteiger partial charge in [-0.1, -0.05) is 12.1 Å². The Kier molecular flexibility index (Phi) is 8.43. The fourth-order valence-corrected chi connectivity index (χ4v) is 5.91. The molecule has 6 nitrogen and oxygen atoms in total. The van der Waals surface area contributed by atoms with Crippen LogP contribution in [0.15, 0.2) is 41.3 Å². The monoisotopic (exact) mass is 760 g/mol. The Morgan fingerprint density at radius 3 is 2.53 bits per heavy atom. The Balaban J connectivity index is 1.62. The minimum absolute atomic E-state index is 0.119. The summed E-state index contributed by atoms with van der Waals surface area (Å²) in [5.41, 5.74) is 1.39. The highest BCUT2D eigenvalue weighted by atomic mass is 127. The molecule has 2 aromatic rings. The van der Waals surface area contributed by atoms with Gasteiger partial charge in [0.1, 0.15) is 5.75 Å². The molecule has 0 atom stereocenters. The van der Waals surface area contributed by atoms with E-state index in [1.165, 1.54) is 0 Å². The standard InChI is InChI=1S/C20H15I3N2O4S/c1-29-13-4-2-11(3-5-13)8-16-19(27)25(20(28)30-16)7-6-24-18(26)14-9-12(21)10-15(22)17(14)23/h2-5,8-10H,6-7H2,1H3,(H,24,26)/b16-8+. The number of halogens is 3. The molecule has 0 spiro atoms. The Labute approximate surface area is 219 Å². The molecule has 0 unspecified atom stereocenters. The number of ether oxygens (including phenoxy) is 1. The molecule has 1 heterocycles. The van der Waals surface area contributed by atoms with E-state index in [0.717, 1.165) is 32.9 Å². The van der Waals surface area contributed by atoms with Gasteiger partial charge in [-0.05, 0) is 115 Å². The number of imide groups is 1. The lowest BCUT2D eigenvalue weighted by Gasteiger charge is -2.14. The van der Waals surface area contributed by atoms with Crippen molar-refractivity contribution in [3.8, 4) is 5.75 Å². The second kappa shape index (κ2) is 10.6. The van der Waals surface area contributed by atoms with E-state index in [4.69, 9.17) is 4.74 Å². The molecule has 2 aromatic carbocycles. The smallest absolute Gasteiger partial charge is 0.293 e. The summed E-state index contributed by atoms with van der Waals surface area (Å²) in [5, 5.41) is 2.46. The van der Waals surface area contributed by atoms with Crippen molar-refractivity contribution < 1.29 is 19.1 Å². The Bertz CT molecular complexity index is 1040.